The van der Waals surface area contributed by atoms with Gasteiger partial charge in [0, 0.05) is 0 Å². The van der Waals surface area contributed by atoms with E-state index in [-0.39, 0.29) is 0 Å². The smallest absolute Gasteiger partial charge is 0.338 e. The molecule has 4 aliphatic rings. The topological polar surface area (TPSA) is 40.5 Å². The predicted molar refractivity (Wildman–Crippen MR) is 76.2 cm³/mol. The summed E-state index contributed by atoms with van der Waals surface area (Å²) in [4.78, 5) is 0. The van der Waals surface area contributed by atoms with E-state index < -0.39 is 94.6 Å². The Balaban J connectivity index is 2.96. The van der Waals surface area contributed by atoms with Crippen molar-refractivity contribution in [2.75, 3.05) is 13.2 Å². The van der Waals surface area contributed by atoms with Gasteiger partial charge in [-0.25, -0.2) is 52.7 Å². The number of halogens is 22. The van der Waals surface area contributed by atoms with Crippen LogP contribution in [0.2, 0.25) is 0 Å². The first-order chi connectivity index (χ1) is 17.1. The molecule has 0 amide bonds. The summed E-state index contributed by atoms with van der Waals surface area (Å²) in [5.74, 6) is -87.8. The maximum Gasteiger partial charge on any atom is 0.338 e. The fraction of sp³-hybridized carbons (Fsp3) is 1.00. The fourth-order valence-electron chi connectivity index (χ4n) is 5.85. The molecule has 24 heteroatoms. The summed E-state index contributed by atoms with van der Waals surface area (Å²) < 4.78 is 325. The van der Waals surface area contributed by atoms with Crippen molar-refractivity contribution in [2.24, 2.45) is 10.8 Å². The number of aliphatic hydroxyl groups is 2. The number of aliphatic hydroxyl groups excluding tert-OH is 2. The molecule has 0 heterocycles. The van der Waals surface area contributed by atoms with Gasteiger partial charge in [0.25, 0.3) is 5.92 Å². The number of rotatable bonds is 6. The molecule has 40 heavy (non-hydrogen) atoms. The quantitative estimate of drug-likeness (QED) is 0.361. The molecule has 4 aliphatic carbocycles. The summed E-state index contributed by atoms with van der Waals surface area (Å²) in [5.41, 5.74) is -36.6. The molecule has 0 aromatic heterocycles. The Morgan fingerprint density at radius 2 is 0.550 bits per heavy atom. The minimum atomic E-state index is -9.47. The Kier molecular flexibility index (Phi) is 5.71. The van der Waals surface area contributed by atoms with Gasteiger partial charge in [-0.3, -0.25) is 0 Å². The second-order valence-corrected chi connectivity index (χ2v) is 9.14. The van der Waals surface area contributed by atoms with Gasteiger partial charge in [-0.1, -0.05) is 0 Å². The molecule has 0 aliphatic heterocycles. The van der Waals surface area contributed by atoms with Gasteiger partial charge in [-0.15, -0.1) is 0 Å². The van der Waals surface area contributed by atoms with Crippen molar-refractivity contribution in [1.29, 1.82) is 0 Å². The standard InChI is InChI=1S/C16H6F22O2/c17-3(18,1-39)9(23,24)5-11(27,28)6(10(25,26)4(19,20)2-40)14(33,34)7(21,12(5,29)30)16(37,38)8(22,13(5,31)32)15(6,35)36/h39-40H,1-2H2. The summed E-state index contributed by atoms with van der Waals surface area (Å²) in [6, 6.07) is 0. The van der Waals surface area contributed by atoms with Crippen molar-refractivity contribution in [3.63, 3.8) is 0 Å². The molecule has 4 saturated carbocycles. The zero-order chi connectivity index (χ0) is 32.4. The Bertz CT molecular complexity index is 992. The highest BCUT2D eigenvalue weighted by atomic mass is 19.4. The summed E-state index contributed by atoms with van der Waals surface area (Å²) in [6.45, 7) is -8.14. The lowest BCUT2D eigenvalue weighted by molar-refractivity contribution is -0.657. The summed E-state index contributed by atoms with van der Waals surface area (Å²) in [5, 5.41) is 16.5. The Morgan fingerprint density at radius 3 is 0.725 bits per heavy atom. The average Bonchev–Trinajstić information content (AvgIpc) is 2.73. The van der Waals surface area contributed by atoms with Crippen LogP contribution in [0.25, 0.3) is 0 Å². The second kappa shape index (κ2) is 6.95. The van der Waals surface area contributed by atoms with E-state index in [1.165, 1.54) is 0 Å². The van der Waals surface area contributed by atoms with Crippen LogP contribution in [0.4, 0.5) is 96.6 Å². The van der Waals surface area contributed by atoms with Crippen molar-refractivity contribution in [2.45, 2.75) is 70.6 Å². The Hall–Kier alpha value is -1.62. The normalized spacial score (nSPS) is 40.8. The van der Waals surface area contributed by atoms with Crippen LogP contribution in [0.15, 0.2) is 0 Å². The third kappa shape index (κ3) is 2.07. The fourth-order valence-corrected chi connectivity index (χ4v) is 5.85. The van der Waals surface area contributed by atoms with Crippen molar-refractivity contribution in [3.05, 3.63) is 0 Å². The third-order valence-electron chi connectivity index (χ3n) is 7.68. The predicted octanol–water partition coefficient (Wildman–Crippen LogP) is 5.75. The largest absolute Gasteiger partial charge is 0.390 e. The van der Waals surface area contributed by atoms with E-state index in [2.05, 4.69) is 0 Å². The first-order valence-corrected chi connectivity index (χ1v) is 9.50. The molecule has 0 aromatic rings. The molecule has 4 bridgehead atoms. The molecule has 4 rings (SSSR count). The Morgan fingerprint density at radius 1 is 0.350 bits per heavy atom. The van der Waals surface area contributed by atoms with E-state index in [9.17, 15) is 79.0 Å². The lowest BCUT2D eigenvalue weighted by atomic mass is 9.30. The molecule has 0 spiro atoms. The van der Waals surface area contributed by atoms with E-state index in [0.29, 0.717) is 0 Å². The van der Waals surface area contributed by atoms with Gasteiger partial charge in [-0.2, -0.15) is 43.9 Å². The van der Waals surface area contributed by atoms with Crippen LogP contribution < -0.4 is 0 Å². The van der Waals surface area contributed by atoms with Gasteiger partial charge in [0.05, 0.1) is 0 Å². The molecule has 0 atom stereocenters. The Labute approximate surface area is 202 Å². The van der Waals surface area contributed by atoms with E-state index in [0.717, 1.165) is 0 Å². The molecule has 0 unspecified atom stereocenters. The number of alkyl halides is 22. The SMILES string of the molecule is OCC(F)(F)C(F)(F)C12C(F)(F)C3(F)C(F)(F)C(F)(C1(F)F)C(F)(F)C(C(F)(F)C(F)(F)CO)(C3(F)F)C2(F)F. The molecule has 2 N–H and O–H groups in total. The van der Waals surface area contributed by atoms with E-state index in [4.69, 9.17) is 10.2 Å². The summed E-state index contributed by atoms with van der Waals surface area (Å²) in [7, 11) is 0. The first kappa shape index (κ1) is 32.9. The first-order valence-electron chi connectivity index (χ1n) is 9.50. The van der Waals surface area contributed by atoms with Crippen LogP contribution in [0.1, 0.15) is 0 Å². The molecule has 4 fully saturated rings. The van der Waals surface area contributed by atoms with Gasteiger partial charge >= 0.3 is 64.6 Å². The number of hydrogen-bond donors (Lipinski definition) is 2. The maximum absolute atomic E-state index is 15.4. The summed E-state index contributed by atoms with van der Waals surface area (Å²) in [6.07, 6.45) is 0. The zero-order valence-corrected chi connectivity index (χ0v) is 17.6. The van der Waals surface area contributed by atoms with Gasteiger partial charge in [0.1, 0.15) is 13.2 Å². The molecular formula is C16H6F22O2. The lowest BCUT2D eigenvalue weighted by Crippen LogP contribution is -3.10. The van der Waals surface area contributed by atoms with Crippen LogP contribution in [-0.4, -0.2) is 94.0 Å². The monoisotopic (exact) mass is 648 g/mol. The van der Waals surface area contributed by atoms with E-state index >= 15 is 17.6 Å². The van der Waals surface area contributed by atoms with Crippen LogP contribution >= 0.6 is 0 Å². The van der Waals surface area contributed by atoms with Crippen molar-refractivity contribution >= 4 is 0 Å². The van der Waals surface area contributed by atoms with E-state index in [1.54, 1.807) is 0 Å². The molecule has 0 radical (unpaired) electrons. The highest BCUT2D eigenvalue weighted by molar-refractivity contribution is 5.55. The highest BCUT2D eigenvalue weighted by Crippen LogP contribution is 2.96. The zero-order valence-electron chi connectivity index (χ0n) is 17.6. The molecule has 236 valence electrons. The van der Waals surface area contributed by atoms with Crippen LogP contribution in [0.5, 0.6) is 0 Å². The molecule has 0 saturated heterocycles. The van der Waals surface area contributed by atoms with Crippen LogP contribution in [0.3, 0.4) is 0 Å². The van der Waals surface area contributed by atoms with Gasteiger partial charge in [0.15, 0.2) is 0 Å². The second-order valence-electron chi connectivity index (χ2n) is 9.14. The third-order valence-corrected chi connectivity index (χ3v) is 7.68. The maximum atomic E-state index is 15.4. The number of hydrogen-bond acceptors (Lipinski definition) is 2. The lowest BCUT2D eigenvalue weighted by Gasteiger charge is -2.78. The van der Waals surface area contributed by atoms with Crippen molar-refractivity contribution in [1.82, 2.24) is 0 Å². The minimum absolute atomic E-state index is 4.07. The van der Waals surface area contributed by atoms with Crippen LogP contribution in [0, 0.1) is 10.8 Å². The average molecular weight is 648 g/mol. The summed E-state index contributed by atoms with van der Waals surface area (Å²) >= 11 is 0. The van der Waals surface area contributed by atoms with E-state index in [1.807, 2.05) is 0 Å². The molecular weight excluding hydrogens is 642 g/mol. The van der Waals surface area contributed by atoms with Gasteiger partial charge < -0.3 is 10.2 Å². The molecule has 0 aromatic carbocycles. The minimum Gasteiger partial charge on any atom is -0.390 e. The van der Waals surface area contributed by atoms with Crippen molar-refractivity contribution in [3.8, 4) is 0 Å². The molecule has 2 nitrogen and oxygen atoms in total. The van der Waals surface area contributed by atoms with Crippen LogP contribution in [-0.2, 0) is 0 Å². The highest BCUT2D eigenvalue weighted by Gasteiger charge is 3.27. The van der Waals surface area contributed by atoms with Crippen molar-refractivity contribution < 1.29 is 107 Å². The van der Waals surface area contributed by atoms with Gasteiger partial charge in [0.2, 0.25) is 10.8 Å². The van der Waals surface area contributed by atoms with Gasteiger partial charge in [-0.05, 0) is 0 Å².